The SMILES string of the molecule is CCOC(=O)C(=[N+]=[N-])C1(O)C(=O)Nc2ccc(C)cc21. The molecular formula is C13H13N3O4. The van der Waals surface area contributed by atoms with Gasteiger partial charge in [-0.3, -0.25) is 4.79 Å². The third kappa shape index (κ3) is 1.89. The number of aryl methyl sites for hydroxylation is 1. The number of hydrogen-bond donors (Lipinski definition) is 2. The van der Waals surface area contributed by atoms with Gasteiger partial charge in [0.1, 0.15) is 0 Å². The zero-order valence-electron chi connectivity index (χ0n) is 11.0. The molecule has 2 rings (SSSR count). The van der Waals surface area contributed by atoms with Crippen molar-refractivity contribution < 1.29 is 24.2 Å². The van der Waals surface area contributed by atoms with Crippen LogP contribution in [0.5, 0.6) is 0 Å². The molecule has 0 bridgehead atoms. The maximum atomic E-state index is 12.0. The number of benzene rings is 1. The number of carbonyl (C=O) groups excluding carboxylic acids is 2. The Balaban J connectivity index is 2.60. The summed E-state index contributed by atoms with van der Waals surface area (Å²) in [7, 11) is 0. The lowest BCUT2D eigenvalue weighted by Crippen LogP contribution is -2.47. The van der Waals surface area contributed by atoms with Crippen molar-refractivity contribution in [2.75, 3.05) is 11.9 Å². The molecule has 1 aliphatic rings. The molecule has 0 radical (unpaired) electrons. The fraction of sp³-hybridized carbons (Fsp3) is 0.308. The molecule has 0 aliphatic carbocycles. The van der Waals surface area contributed by atoms with Gasteiger partial charge < -0.3 is 20.7 Å². The maximum absolute atomic E-state index is 12.0. The van der Waals surface area contributed by atoms with Gasteiger partial charge in [-0.15, -0.1) is 0 Å². The van der Waals surface area contributed by atoms with E-state index in [2.05, 4.69) is 10.1 Å². The summed E-state index contributed by atoms with van der Waals surface area (Å²) in [5.74, 6) is -1.92. The van der Waals surface area contributed by atoms with Crippen LogP contribution in [-0.4, -0.2) is 34.1 Å². The average Bonchev–Trinajstić information content (AvgIpc) is 2.64. The predicted octanol–water partition coefficient (Wildman–Crippen LogP) is 0.369. The van der Waals surface area contributed by atoms with Crippen LogP contribution in [-0.2, 0) is 19.9 Å². The van der Waals surface area contributed by atoms with E-state index in [0.717, 1.165) is 5.56 Å². The van der Waals surface area contributed by atoms with Crippen LogP contribution in [0.15, 0.2) is 18.2 Å². The van der Waals surface area contributed by atoms with Crippen molar-refractivity contribution in [1.29, 1.82) is 0 Å². The molecular weight excluding hydrogens is 262 g/mol. The fourth-order valence-electron chi connectivity index (χ4n) is 2.10. The smallest absolute Gasteiger partial charge is 0.421 e. The lowest BCUT2D eigenvalue weighted by molar-refractivity contribution is -0.147. The summed E-state index contributed by atoms with van der Waals surface area (Å²) in [6.45, 7) is 3.35. The number of aliphatic hydroxyl groups is 1. The first-order chi connectivity index (χ1) is 9.44. The van der Waals surface area contributed by atoms with E-state index in [1.807, 2.05) is 0 Å². The van der Waals surface area contributed by atoms with Crippen molar-refractivity contribution in [2.45, 2.75) is 19.4 Å². The maximum Gasteiger partial charge on any atom is 0.421 e. The van der Waals surface area contributed by atoms with Crippen LogP contribution in [0.2, 0.25) is 0 Å². The highest BCUT2D eigenvalue weighted by molar-refractivity contribution is 6.44. The minimum absolute atomic E-state index is 0.0240. The van der Waals surface area contributed by atoms with Gasteiger partial charge in [0.15, 0.2) is 0 Å². The standard InChI is InChI=1S/C13H13N3O4/c1-3-20-11(17)10(16-14)13(19)8-6-7(2)4-5-9(8)15-12(13)18/h4-6,19H,3H2,1-2H3,(H,15,18). The quantitative estimate of drug-likeness (QED) is 0.359. The highest BCUT2D eigenvalue weighted by Crippen LogP contribution is 2.37. The molecule has 1 aliphatic heterocycles. The highest BCUT2D eigenvalue weighted by Gasteiger charge is 2.59. The van der Waals surface area contributed by atoms with Crippen LogP contribution < -0.4 is 5.32 Å². The van der Waals surface area contributed by atoms with Crippen molar-refractivity contribution in [3.63, 3.8) is 0 Å². The minimum Gasteiger partial charge on any atom is -0.457 e. The molecule has 20 heavy (non-hydrogen) atoms. The summed E-state index contributed by atoms with van der Waals surface area (Å²) in [6.07, 6.45) is 0. The van der Waals surface area contributed by atoms with E-state index in [1.54, 1.807) is 26.0 Å². The van der Waals surface area contributed by atoms with E-state index in [9.17, 15) is 14.7 Å². The average molecular weight is 275 g/mol. The molecule has 0 saturated heterocycles. The Morgan fingerprint density at radius 3 is 2.85 bits per heavy atom. The minimum atomic E-state index is -2.36. The van der Waals surface area contributed by atoms with Crippen LogP contribution in [0, 0.1) is 6.92 Å². The van der Waals surface area contributed by atoms with E-state index in [-0.39, 0.29) is 12.2 Å². The molecule has 0 aromatic heterocycles. The lowest BCUT2D eigenvalue weighted by Gasteiger charge is -2.15. The van der Waals surface area contributed by atoms with Crippen molar-refractivity contribution in [3.8, 4) is 0 Å². The normalized spacial score (nSPS) is 19.9. The fourth-order valence-corrected chi connectivity index (χ4v) is 2.10. The number of nitrogens with one attached hydrogen (secondary N) is 1. The molecule has 0 fully saturated rings. The third-order valence-corrected chi connectivity index (χ3v) is 3.05. The molecule has 104 valence electrons. The second kappa shape index (κ2) is 4.88. The van der Waals surface area contributed by atoms with Crippen molar-refractivity contribution >= 4 is 23.3 Å². The van der Waals surface area contributed by atoms with Gasteiger partial charge in [-0.05, 0) is 26.0 Å². The van der Waals surface area contributed by atoms with Gasteiger partial charge in [0.2, 0.25) is 0 Å². The van der Waals surface area contributed by atoms with Crippen molar-refractivity contribution in [2.24, 2.45) is 0 Å². The first-order valence-electron chi connectivity index (χ1n) is 5.99. The molecule has 1 heterocycles. The number of carbonyl (C=O) groups is 2. The summed E-state index contributed by atoms with van der Waals surface area (Å²) in [6, 6.07) is 4.88. The van der Waals surface area contributed by atoms with Crippen LogP contribution >= 0.6 is 0 Å². The first-order valence-corrected chi connectivity index (χ1v) is 5.99. The second-order valence-corrected chi connectivity index (χ2v) is 4.38. The van der Waals surface area contributed by atoms with Gasteiger partial charge >= 0.3 is 11.7 Å². The summed E-state index contributed by atoms with van der Waals surface area (Å²) in [5.41, 5.74) is 7.18. The Labute approximate surface area is 114 Å². The molecule has 1 aromatic carbocycles. The predicted molar refractivity (Wildman–Crippen MR) is 69.0 cm³/mol. The van der Waals surface area contributed by atoms with Gasteiger partial charge in [0.25, 0.3) is 11.5 Å². The number of fused-ring (bicyclic) bond motifs is 1. The number of anilines is 1. The number of esters is 1. The Morgan fingerprint density at radius 2 is 2.25 bits per heavy atom. The summed E-state index contributed by atoms with van der Waals surface area (Å²) in [5, 5.41) is 13.0. The van der Waals surface area contributed by atoms with Crippen LogP contribution in [0.4, 0.5) is 5.69 Å². The molecule has 0 saturated carbocycles. The summed E-state index contributed by atoms with van der Waals surface area (Å²) >= 11 is 0. The molecule has 7 heteroatoms. The summed E-state index contributed by atoms with van der Waals surface area (Å²) < 4.78 is 4.70. The largest absolute Gasteiger partial charge is 0.457 e. The van der Waals surface area contributed by atoms with Gasteiger partial charge in [-0.25, -0.2) is 4.79 Å². The monoisotopic (exact) mass is 275 g/mol. The Kier molecular flexibility index (Phi) is 3.40. The molecule has 2 N–H and O–H groups in total. The van der Waals surface area contributed by atoms with E-state index < -0.39 is 23.2 Å². The van der Waals surface area contributed by atoms with Crippen molar-refractivity contribution in [3.05, 3.63) is 34.9 Å². The zero-order valence-corrected chi connectivity index (χ0v) is 11.0. The van der Waals surface area contributed by atoms with E-state index in [4.69, 9.17) is 10.3 Å². The van der Waals surface area contributed by atoms with Gasteiger partial charge in [-0.1, -0.05) is 11.6 Å². The first kappa shape index (κ1) is 13.9. The van der Waals surface area contributed by atoms with Gasteiger partial charge in [0.05, 0.1) is 6.61 Å². The Bertz CT molecular complexity index is 649. The number of rotatable bonds is 3. The topological polar surface area (TPSA) is 112 Å². The molecule has 0 spiro atoms. The molecule has 1 unspecified atom stereocenters. The zero-order chi connectivity index (χ0) is 14.9. The van der Waals surface area contributed by atoms with E-state index in [0.29, 0.717) is 5.69 Å². The van der Waals surface area contributed by atoms with Crippen LogP contribution in [0.3, 0.4) is 0 Å². The number of amides is 1. The molecule has 1 amide bonds. The molecule has 7 nitrogen and oxygen atoms in total. The number of ether oxygens (including phenoxy) is 1. The number of hydrogen-bond acceptors (Lipinski definition) is 4. The lowest BCUT2D eigenvalue weighted by atomic mass is 9.89. The number of nitrogens with zero attached hydrogens (tertiary/aromatic N) is 2. The van der Waals surface area contributed by atoms with Crippen molar-refractivity contribution in [1.82, 2.24) is 0 Å². The third-order valence-electron chi connectivity index (χ3n) is 3.05. The van der Waals surface area contributed by atoms with Crippen LogP contribution in [0.1, 0.15) is 18.1 Å². The molecule has 1 aromatic rings. The van der Waals surface area contributed by atoms with E-state index in [1.165, 1.54) is 6.07 Å². The second-order valence-electron chi connectivity index (χ2n) is 4.38. The highest BCUT2D eigenvalue weighted by atomic mass is 16.5. The van der Waals surface area contributed by atoms with Crippen LogP contribution in [0.25, 0.3) is 5.53 Å². The Morgan fingerprint density at radius 1 is 1.55 bits per heavy atom. The summed E-state index contributed by atoms with van der Waals surface area (Å²) in [4.78, 5) is 26.5. The Hall–Kier alpha value is -2.50. The molecule has 1 atom stereocenters. The van der Waals surface area contributed by atoms with Gasteiger partial charge in [-0.2, -0.15) is 4.79 Å². The van der Waals surface area contributed by atoms with E-state index >= 15 is 0 Å². The van der Waals surface area contributed by atoms with Gasteiger partial charge in [0, 0.05) is 11.3 Å².